The van der Waals surface area contributed by atoms with Gasteiger partial charge in [-0.2, -0.15) is 0 Å². The number of morpholine rings is 1. The average molecular weight is 346 g/mol. The molecule has 1 N–H and O–H groups in total. The number of ether oxygens (including phenoxy) is 1. The van der Waals surface area contributed by atoms with Crippen molar-refractivity contribution in [3.05, 3.63) is 30.3 Å². The number of hydrogen-bond acceptors (Lipinski definition) is 5. The lowest BCUT2D eigenvalue weighted by Crippen LogP contribution is -2.53. The van der Waals surface area contributed by atoms with Gasteiger partial charge in [0.2, 0.25) is 11.8 Å². The Bertz CT molecular complexity index is 567. The van der Waals surface area contributed by atoms with E-state index in [0.717, 1.165) is 18.8 Å². The second-order valence-corrected chi connectivity index (χ2v) is 6.37. The summed E-state index contributed by atoms with van der Waals surface area (Å²) in [5.41, 5.74) is 0.950. The van der Waals surface area contributed by atoms with E-state index in [0.29, 0.717) is 52.5 Å². The second kappa shape index (κ2) is 8.82. The van der Waals surface area contributed by atoms with Crippen LogP contribution in [0.3, 0.4) is 0 Å². The first-order valence-electron chi connectivity index (χ1n) is 8.87. The van der Waals surface area contributed by atoms with Crippen LogP contribution >= 0.6 is 0 Å². The monoisotopic (exact) mass is 346 g/mol. The molecule has 2 heterocycles. The highest BCUT2D eigenvalue weighted by Gasteiger charge is 2.24. The number of piperazine rings is 1. The number of carbonyl (C=O) groups is 2. The molecular weight excluding hydrogens is 320 g/mol. The molecule has 0 aromatic heterocycles. The number of nitrogens with zero attached hydrogens (tertiary/aromatic N) is 3. The fraction of sp³-hybridized carbons (Fsp3) is 0.556. The van der Waals surface area contributed by atoms with Crippen LogP contribution in [0.2, 0.25) is 0 Å². The van der Waals surface area contributed by atoms with E-state index in [2.05, 4.69) is 10.2 Å². The lowest BCUT2D eigenvalue weighted by molar-refractivity contribution is -0.137. The van der Waals surface area contributed by atoms with E-state index in [-0.39, 0.29) is 11.8 Å². The van der Waals surface area contributed by atoms with E-state index >= 15 is 0 Å². The summed E-state index contributed by atoms with van der Waals surface area (Å²) in [7, 11) is 0. The molecule has 0 spiro atoms. The summed E-state index contributed by atoms with van der Waals surface area (Å²) in [6.07, 6.45) is 0. The average Bonchev–Trinajstić information content (AvgIpc) is 2.68. The molecule has 2 amide bonds. The van der Waals surface area contributed by atoms with E-state index in [9.17, 15) is 9.59 Å². The van der Waals surface area contributed by atoms with Gasteiger partial charge in [0, 0.05) is 45.0 Å². The third-order valence-corrected chi connectivity index (χ3v) is 4.67. The highest BCUT2D eigenvalue weighted by atomic mass is 16.5. The highest BCUT2D eigenvalue weighted by Crippen LogP contribution is 2.07. The topological polar surface area (TPSA) is 65.1 Å². The molecular formula is C18H26N4O3. The van der Waals surface area contributed by atoms with Gasteiger partial charge in [-0.3, -0.25) is 14.5 Å². The van der Waals surface area contributed by atoms with Gasteiger partial charge in [-0.25, -0.2) is 0 Å². The van der Waals surface area contributed by atoms with Crippen LogP contribution in [0.15, 0.2) is 30.3 Å². The summed E-state index contributed by atoms with van der Waals surface area (Å²) in [5.74, 6) is 0.261. The standard InChI is InChI=1S/C18H26N4O3/c23-17(14-19-16-4-2-1-3-5-16)21-8-6-20(7-9-21)15-18(24)22-10-12-25-13-11-22/h1-5,19H,6-15H2. The Morgan fingerprint density at radius 2 is 1.52 bits per heavy atom. The van der Waals surface area contributed by atoms with Crippen LogP contribution in [0.5, 0.6) is 0 Å². The quantitative estimate of drug-likeness (QED) is 0.819. The van der Waals surface area contributed by atoms with E-state index in [4.69, 9.17) is 4.74 Å². The molecule has 0 radical (unpaired) electrons. The summed E-state index contributed by atoms with van der Waals surface area (Å²) < 4.78 is 5.28. The van der Waals surface area contributed by atoms with Gasteiger partial charge in [-0.05, 0) is 12.1 Å². The fourth-order valence-corrected chi connectivity index (χ4v) is 3.10. The molecule has 2 aliphatic heterocycles. The lowest BCUT2D eigenvalue weighted by Gasteiger charge is -2.36. The maximum atomic E-state index is 12.3. The Morgan fingerprint density at radius 1 is 0.880 bits per heavy atom. The number of amides is 2. The second-order valence-electron chi connectivity index (χ2n) is 6.37. The van der Waals surface area contributed by atoms with Crippen LogP contribution in [0, 0.1) is 0 Å². The lowest BCUT2D eigenvalue weighted by atomic mass is 10.2. The molecule has 2 saturated heterocycles. The van der Waals surface area contributed by atoms with Crippen molar-refractivity contribution in [2.45, 2.75) is 0 Å². The summed E-state index contributed by atoms with van der Waals surface area (Å²) in [5, 5.41) is 3.15. The van der Waals surface area contributed by atoms with Crippen molar-refractivity contribution in [1.82, 2.24) is 14.7 Å². The summed E-state index contributed by atoms with van der Waals surface area (Å²) in [6, 6.07) is 9.73. The number of anilines is 1. The first-order chi connectivity index (χ1) is 12.2. The summed E-state index contributed by atoms with van der Waals surface area (Å²) in [4.78, 5) is 30.4. The Morgan fingerprint density at radius 3 is 2.20 bits per heavy atom. The van der Waals surface area contributed by atoms with Crippen LogP contribution < -0.4 is 5.32 Å². The normalized spacial score (nSPS) is 18.9. The highest BCUT2D eigenvalue weighted by molar-refractivity contribution is 5.81. The zero-order valence-electron chi connectivity index (χ0n) is 14.5. The molecule has 2 fully saturated rings. The van der Waals surface area contributed by atoms with Crippen LogP contribution in [-0.2, 0) is 14.3 Å². The minimum Gasteiger partial charge on any atom is -0.378 e. The Balaban J connectivity index is 1.37. The molecule has 0 aliphatic carbocycles. The predicted octanol–water partition coefficient (Wildman–Crippen LogP) is 0.102. The largest absolute Gasteiger partial charge is 0.378 e. The van der Waals surface area contributed by atoms with Crippen molar-refractivity contribution in [3.63, 3.8) is 0 Å². The van der Waals surface area contributed by atoms with Crippen LogP contribution in [0.1, 0.15) is 0 Å². The number of carbonyl (C=O) groups excluding carboxylic acids is 2. The molecule has 1 aromatic carbocycles. The number of nitrogens with one attached hydrogen (secondary N) is 1. The SMILES string of the molecule is O=C(CNc1ccccc1)N1CCN(CC(=O)N2CCOCC2)CC1. The number of para-hydroxylation sites is 1. The molecule has 0 atom stereocenters. The van der Waals surface area contributed by atoms with Gasteiger partial charge in [-0.15, -0.1) is 0 Å². The molecule has 0 bridgehead atoms. The molecule has 25 heavy (non-hydrogen) atoms. The maximum Gasteiger partial charge on any atom is 0.241 e. The molecule has 1 aromatic rings. The van der Waals surface area contributed by atoms with Crippen LogP contribution in [0.25, 0.3) is 0 Å². The zero-order valence-corrected chi connectivity index (χ0v) is 14.5. The number of hydrogen-bond donors (Lipinski definition) is 1. The van der Waals surface area contributed by atoms with E-state index in [1.165, 1.54) is 0 Å². The van der Waals surface area contributed by atoms with E-state index in [1.54, 1.807) is 0 Å². The van der Waals surface area contributed by atoms with E-state index < -0.39 is 0 Å². The molecule has 0 saturated carbocycles. The van der Waals surface area contributed by atoms with Gasteiger partial charge in [0.05, 0.1) is 26.3 Å². The summed E-state index contributed by atoms with van der Waals surface area (Å²) >= 11 is 0. The Hall–Kier alpha value is -2.12. The minimum atomic E-state index is 0.100. The van der Waals surface area contributed by atoms with Crippen molar-refractivity contribution in [3.8, 4) is 0 Å². The predicted molar refractivity (Wildman–Crippen MR) is 95.4 cm³/mol. The first-order valence-corrected chi connectivity index (χ1v) is 8.87. The molecule has 7 nitrogen and oxygen atoms in total. The third-order valence-electron chi connectivity index (χ3n) is 4.67. The Kier molecular flexibility index (Phi) is 6.25. The molecule has 3 rings (SSSR count). The number of rotatable bonds is 5. The zero-order chi connectivity index (χ0) is 17.5. The van der Waals surface area contributed by atoms with Gasteiger partial charge in [0.25, 0.3) is 0 Å². The van der Waals surface area contributed by atoms with Crippen LogP contribution in [-0.4, -0.2) is 92.1 Å². The van der Waals surface area contributed by atoms with Gasteiger partial charge in [0.15, 0.2) is 0 Å². The molecule has 2 aliphatic rings. The smallest absolute Gasteiger partial charge is 0.241 e. The third kappa shape index (κ3) is 5.17. The summed E-state index contributed by atoms with van der Waals surface area (Å²) in [6.45, 7) is 6.19. The molecule has 136 valence electrons. The maximum absolute atomic E-state index is 12.3. The van der Waals surface area contributed by atoms with Crippen molar-refractivity contribution in [1.29, 1.82) is 0 Å². The first kappa shape index (κ1) is 17.7. The van der Waals surface area contributed by atoms with Crippen molar-refractivity contribution in [2.24, 2.45) is 0 Å². The van der Waals surface area contributed by atoms with Gasteiger partial charge in [-0.1, -0.05) is 18.2 Å². The van der Waals surface area contributed by atoms with Gasteiger partial charge >= 0.3 is 0 Å². The van der Waals surface area contributed by atoms with Crippen LogP contribution in [0.4, 0.5) is 5.69 Å². The Labute approximate surface area is 148 Å². The van der Waals surface area contributed by atoms with E-state index in [1.807, 2.05) is 40.1 Å². The van der Waals surface area contributed by atoms with Gasteiger partial charge < -0.3 is 19.9 Å². The number of benzene rings is 1. The molecule has 0 unspecified atom stereocenters. The fourth-order valence-electron chi connectivity index (χ4n) is 3.10. The molecule has 7 heteroatoms. The van der Waals surface area contributed by atoms with Gasteiger partial charge in [0.1, 0.15) is 0 Å². The minimum absolute atomic E-state index is 0.100. The van der Waals surface area contributed by atoms with Crippen molar-refractivity contribution in [2.75, 3.05) is 70.9 Å². The van der Waals surface area contributed by atoms with Crippen molar-refractivity contribution < 1.29 is 14.3 Å². The van der Waals surface area contributed by atoms with Crippen molar-refractivity contribution >= 4 is 17.5 Å².